The third-order valence-corrected chi connectivity index (χ3v) is 3.82. The van der Waals surface area contributed by atoms with Gasteiger partial charge in [-0.25, -0.2) is 4.79 Å². The van der Waals surface area contributed by atoms with Gasteiger partial charge in [0.05, 0.1) is 4.88 Å². The molecule has 0 bridgehead atoms. The number of carbonyl (C=O) groups excluding carboxylic acids is 1. The van der Waals surface area contributed by atoms with Gasteiger partial charge in [-0.3, -0.25) is 4.79 Å². The fourth-order valence-electron chi connectivity index (χ4n) is 1.15. The van der Waals surface area contributed by atoms with E-state index in [4.69, 9.17) is 5.11 Å². The Labute approximate surface area is 93.6 Å². The van der Waals surface area contributed by atoms with E-state index in [9.17, 15) is 9.59 Å². The molecule has 0 aliphatic heterocycles. The second-order valence-electron chi connectivity index (χ2n) is 2.82. The highest BCUT2D eigenvalue weighted by molar-refractivity contribution is 7.18. The van der Waals surface area contributed by atoms with Gasteiger partial charge in [0.2, 0.25) is 0 Å². The summed E-state index contributed by atoms with van der Waals surface area (Å²) in [6.45, 7) is 0. The molecule has 0 saturated heterocycles. The summed E-state index contributed by atoms with van der Waals surface area (Å²) in [5.41, 5.74) is 0.902. The normalized spacial score (nSPS) is 10.1. The summed E-state index contributed by atoms with van der Waals surface area (Å²) in [5.74, 6) is -0.919. The molecule has 2 rings (SSSR count). The van der Waals surface area contributed by atoms with Crippen LogP contribution < -0.4 is 0 Å². The van der Waals surface area contributed by atoms with E-state index in [-0.39, 0.29) is 0 Å². The van der Waals surface area contributed by atoms with E-state index >= 15 is 0 Å². The van der Waals surface area contributed by atoms with Crippen molar-refractivity contribution < 1.29 is 14.7 Å². The fraction of sp³-hybridized carbons (Fsp3) is 0. The Balaban J connectivity index is 2.36. The maximum absolute atomic E-state index is 10.7. The van der Waals surface area contributed by atoms with Crippen LogP contribution >= 0.6 is 22.7 Å². The lowest BCUT2D eigenvalue weighted by atomic mass is 10.2. The Morgan fingerprint density at radius 2 is 2.20 bits per heavy atom. The van der Waals surface area contributed by atoms with E-state index in [2.05, 4.69) is 0 Å². The lowest BCUT2D eigenvalue weighted by Crippen LogP contribution is -1.89. The van der Waals surface area contributed by atoms with E-state index in [1.54, 1.807) is 18.2 Å². The van der Waals surface area contributed by atoms with Crippen LogP contribution in [-0.4, -0.2) is 17.4 Å². The van der Waals surface area contributed by atoms with Gasteiger partial charge in [-0.2, -0.15) is 0 Å². The topological polar surface area (TPSA) is 54.4 Å². The number of aromatic carboxylic acids is 1. The molecular formula is C10H6O3S2. The van der Waals surface area contributed by atoms with Crippen LogP contribution in [-0.2, 0) is 0 Å². The summed E-state index contributed by atoms with van der Waals surface area (Å²) >= 11 is 2.56. The van der Waals surface area contributed by atoms with Gasteiger partial charge >= 0.3 is 5.97 Å². The van der Waals surface area contributed by atoms with Crippen molar-refractivity contribution in [1.29, 1.82) is 0 Å². The number of carboxylic acids is 1. The minimum absolute atomic E-state index is 0.309. The molecular weight excluding hydrogens is 232 g/mol. The number of carbonyl (C=O) groups is 2. The SMILES string of the molecule is O=Cc1cc(-c2ccc(C(=O)O)s2)cs1. The second-order valence-corrected chi connectivity index (χ2v) is 4.85. The third kappa shape index (κ3) is 1.98. The van der Waals surface area contributed by atoms with E-state index in [1.165, 1.54) is 22.7 Å². The van der Waals surface area contributed by atoms with Crippen LogP contribution in [0.2, 0.25) is 0 Å². The Morgan fingerprint density at radius 1 is 1.40 bits per heavy atom. The third-order valence-electron chi connectivity index (χ3n) is 1.84. The van der Waals surface area contributed by atoms with Crippen molar-refractivity contribution >= 4 is 34.9 Å². The van der Waals surface area contributed by atoms with E-state index < -0.39 is 5.97 Å². The van der Waals surface area contributed by atoms with E-state index in [1.807, 2.05) is 5.38 Å². The summed E-state index contributed by atoms with van der Waals surface area (Å²) in [6.07, 6.45) is 0.792. The van der Waals surface area contributed by atoms with Crippen LogP contribution in [0.4, 0.5) is 0 Å². The highest BCUT2D eigenvalue weighted by Gasteiger charge is 2.09. The molecule has 15 heavy (non-hydrogen) atoms. The molecule has 2 aromatic rings. The molecule has 0 unspecified atom stereocenters. The first kappa shape index (κ1) is 10.1. The average Bonchev–Trinajstić information content (AvgIpc) is 2.86. The number of thiophene rings is 2. The number of hydrogen-bond donors (Lipinski definition) is 1. The van der Waals surface area contributed by atoms with Gasteiger partial charge in [0.1, 0.15) is 4.88 Å². The highest BCUT2D eigenvalue weighted by atomic mass is 32.1. The maximum Gasteiger partial charge on any atom is 0.345 e. The Morgan fingerprint density at radius 3 is 2.73 bits per heavy atom. The van der Waals surface area contributed by atoms with Crippen LogP contribution in [0.15, 0.2) is 23.6 Å². The first-order valence-corrected chi connectivity index (χ1v) is 5.77. The summed E-state index contributed by atoms with van der Waals surface area (Å²) in [5, 5.41) is 10.6. The number of carboxylic acid groups (broad SMARTS) is 1. The Bertz CT molecular complexity index is 510. The predicted molar refractivity (Wildman–Crippen MR) is 60.0 cm³/mol. The predicted octanol–water partition coefficient (Wildman–Crippen LogP) is 2.99. The average molecular weight is 238 g/mol. The summed E-state index contributed by atoms with van der Waals surface area (Å²) in [6, 6.07) is 5.08. The van der Waals surface area contributed by atoms with Crippen molar-refractivity contribution in [2.24, 2.45) is 0 Å². The Hall–Kier alpha value is -1.46. The quantitative estimate of drug-likeness (QED) is 0.836. The molecule has 0 amide bonds. The molecule has 0 aliphatic rings. The summed E-state index contributed by atoms with van der Waals surface area (Å²) < 4.78 is 0. The highest BCUT2D eigenvalue weighted by Crippen LogP contribution is 2.31. The van der Waals surface area contributed by atoms with Crippen LogP contribution in [0.5, 0.6) is 0 Å². The van der Waals surface area contributed by atoms with Gasteiger partial charge < -0.3 is 5.11 Å². The standard InChI is InChI=1S/C10H6O3S2/c11-4-7-3-6(5-14-7)8-1-2-9(15-8)10(12)13/h1-5H,(H,12,13). The van der Waals surface area contributed by atoms with Gasteiger partial charge in [0.25, 0.3) is 0 Å². The van der Waals surface area contributed by atoms with Crippen LogP contribution in [0.1, 0.15) is 19.3 Å². The first-order chi connectivity index (χ1) is 7.20. The van der Waals surface area contributed by atoms with E-state index in [0.29, 0.717) is 9.75 Å². The monoisotopic (exact) mass is 238 g/mol. The number of aldehydes is 1. The van der Waals surface area contributed by atoms with Crippen LogP contribution in [0.25, 0.3) is 10.4 Å². The van der Waals surface area contributed by atoms with Crippen LogP contribution in [0.3, 0.4) is 0 Å². The van der Waals surface area contributed by atoms with Crippen molar-refractivity contribution in [2.45, 2.75) is 0 Å². The maximum atomic E-state index is 10.7. The van der Waals surface area contributed by atoms with Crippen molar-refractivity contribution in [3.8, 4) is 10.4 Å². The molecule has 0 fully saturated rings. The largest absolute Gasteiger partial charge is 0.477 e. The minimum atomic E-state index is -0.919. The molecule has 0 atom stereocenters. The fourth-order valence-corrected chi connectivity index (χ4v) is 2.77. The molecule has 0 saturated carbocycles. The number of rotatable bonds is 3. The van der Waals surface area contributed by atoms with Gasteiger partial charge in [0, 0.05) is 15.8 Å². The van der Waals surface area contributed by atoms with Crippen molar-refractivity contribution in [3.63, 3.8) is 0 Å². The molecule has 0 radical (unpaired) electrons. The number of hydrogen-bond acceptors (Lipinski definition) is 4. The first-order valence-electron chi connectivity index (χ1n) is 4.08. The van der Waals surface area contributed by atoms with Gasteiger partial charge in [-0.15, -0.1) is 22.7 Å². The lowest BCUT2D eigenvalue weighted by Gasteiger charge is -1.87. The zero-order chi connectivity index (χ0) is 10.8. The molecule has 1 N–H and O–H groups in total. The zero-order valence-electron chi connectivity index (χ0n) is 7.47. The van der Waals surface area contributed by atoms with Gasteiger partial charge in [-0.05, 0) is 18.2 Å². The zero-order valence-corrected chi connectivity index (χ0v) is 9.10. The van der Waals surface area contributed by atoms with Crippen molar-refractivity contribution in [1.82, 2.24) is 0 Å². The van der Waals surface area contributed by atoms with E-state index in [0.717, 1.165) is 16.7 Å². The Kier molecular flexibility index (Phi) is 2.66. The smallest absolute Gasteiger partial charge is 0.345 e. The molecule has 2 heterocycles. The van der Waals surface area contributed by atoms with Gasteiger partial charge in [0.15, 0.2) is 6.29 Å². The summed E-state index contributed by atoms with van der Waals surface area (Å²) in [7, 11) is 0. The molecule has 5 heteroatoms. The summed E-state index contributed by atoms with van der Waals surface area (Å²) in [4.78, 5) is 23.0. The van der Waals surface area contributed by atoms with Crippen molar-refractivity contribution in [2.75, 3.05) is 0 Å². The van der Waals surface area contributed by atoms with Crippen molar-refractivity contribution in [3.05, 3.63) is 33.3 Å². The molecule has 0 aromatic carbocycles. The molecule has 76 valence electrons. The lowest BCUT2D eigenvalue weighted by molar-refractivity contribution is 0.0702. The molecule has 0 spiro atoms. The second kappa shape index (κ2) is 3.96. The van der Waals surface area contributed by atoms with Crippen LogP contribution in [0, 0.1) is 0 Å². The van der Waals surface area contributed by atoms with Gasteiger partial charge in [-0.1, -0.05) is 0 Å². The molecule has 0 aliphatic carbocycles. The minimum Gasteiger partial charge on any atom is -0.477 e. The molecule has 2 aromatic heterocycles. The molecule has 3 nitrogen and oxygen atoms in total.